The molecule has 0 fully saturated rings. The van der Waals surface area contributed by atoms with E-state index in [1.54, 1.807) is 12.1 Å². The molecule has 26 heavy (non-hydrogen) atoms. The molecule has 136 valence electrons. The predicted octanol–water partition coefficient (Wildman–Crippen LogP) is 4.71. The summed E-state index contributed by atoms with van der Waals surface area (Å²) in [7, 11) is 1.37. The van der Waals surface area contributed by atoms with Crippen LogP contribution in [0, 0.1) is 0 Å². The highest BCUT2D eigenvalue weighted by molar-refractivity contribution is 6.42. The molecule has 1 heterocycles. The minimum atomic E-state index is -0.394. The number of hydrogen-bond donors (Lipinski definition) is 1. The zero-order valence-electron chi connectivity index (χ0n) is 14.3. The molecule has 6 heteroatoms. The SMILES string of the molecule is COC(=O)c1cc2c(CCCO)cccc2n1Cc1ccc(Cl)c(Cl)c1. The van der Waals surface area contributed by atoms with Crippen molar-refractivity contribution in [2.75, 3.05) is 13.7 Å². The first-order chi connectivity index (χ1) is 12.5. The van der Waals surface area contributed by atoms with Crippen LogP contribution in [0.1, 0.15) is 28.0 Å². The van der Waals surface area contributed by atoms with Crippen molar-refractivity contribution in [3.63, 3.8) is 0 Å². The molecule has 0 atom stereocenters. The Kier molecular flexibility index (Phi) is 5.87. The molecule has 0 aliphatic heterocycles. The number of fused-ring (bicyclic) bond motifs is 1. The third-order valence-corrected chi connectivity index (χ3v) is 5.10. The van der Waals surface area contributed by atoms with Gasteiger partial charge in [0, 0.05) is 24.1 Å². The van der Waals surface area contributed by atoms with Crippen molar-refractivity contribution in [3.8, 4) is 0 Å². The summed E-state index contributed by atoms with van der Waals surface area (Å²) in [5, 5.41) is 11.1. The Hall–Kier alpha value is -2.01. The van der Waals surface area contributed by atoms with Crippen molar-refractivity contribution in [1.29, 1.82) is 0 Å². The summed E-state index contributed by atoms with van der Waals surface area (Å²) in [5.74, 6) is -0.394. The number of esters is 1. The third kappa shape index (κ3) is 3.73. The van der Waals surface area contributed by atoms with Crippen molar-refractivity contribution in [2.24, 2.45) is 0 Å². The molecule has 1 aromatic heterocycles. The standard InChI is InChI=1S/C20H19Cl2NO3/c1-26-20(25)19-11-15-14(5-3-9-24)4-2-6-18(15)23(19)12-13-7-8-16(21)17(22)10-13/h2,4,6-8,10-11,24H,3,5,9,12H2,1H3. The van der Waals surface area contributed by atoms with E-state index in [0.717, 1.165) is 28.5 Å². The van der Waals surface area contributed by atoms with E-state index in [1.165, 1.54) is 7.11 Å². The molecule has 0 saturated heterocycles. The van der Waals surface area contributed by atoms with E-state index in [2.05, 4.69) is 0 Å². The van der Waals surface area contributed by atoms with Gasteiger partial charge in [0.15, 0.2) is 0 Å². The quantitative estimate of drug-likeness (QED) is 0.619. The largest absolute Gasteiger partial charge is 0.464 e. The van der Waals surface area contributed by atoms with Crippen molar-refractivity contribution < 1.29 is 14.6 Å². The Morgan fingerprint density at radius 2 is 1.96 bits per heavy atom. The van der Waals surface area contributed by atoms with Gasteiger partial charge in [0.05, 0.1) is 17.2 Å². The van der Waals surface area contributed by atoms with E-state index in [4.69, 9.17) is 33.0 Å². The maximum atomic E-state index is 12.3. The van der Waals surface area contributed by atoms with Crippen LogP contribution in [-0.2, 0) is 17.7 Å². The van der Waals surface area contributed by atoms with Crippen molar-refractivity contribution in [2.45, 2.75) is 19.4 Å². The van der Waals surface area contributed by atoms with Gasteiger partial charge in [-0.25, -0.2) is 4.79 Å². The van der Waals surface area contributed by atoms with E-state index in [9.17, 15) is 4.79 Å². The number of methoxy groups -OCH3 is 1. The minimum absolute atomic E-state index is 0.129. The van der Waals surface area contributed by atoms with Crippen LogP contribution in [0.5, 0.6) is 0 Å². The lowest BCUT2D eigenvalue weighted by Crippen LogP contribution is -2.11. The van der Waals surface area contributed by atoms with Crippen LogP contribution in [-0.4, -0.2) is 29.4 Å². The molecular weight excluding hydrogens is 373 g/mol. The second kappa shape index (κ2) is 8.12. The third-order valence-electron chi connectivity index (χ3n) is 4.36. The number of aryl methyl sites for hydroxylation is 1. The number of aliphatic hydroxyl groups is 1. The number of carbonyl (C=O) groups excluding carboxylic acids is 1. The number of halogens is 2. The Bertz CT molecular complexity index is 950. The maximum absolute atomic E-state index is 12.3. The molecule has 3 rings (SSSR count). The van der Waals surface area contributed by atoms with Crippen LogP contribution < -0.4 is 0 Å². The van der Waals surface area contributed by atoms with E-state index >= 15 is 0 Å². The summed E-state index contributed by atoms with van der Waals surface area (Å²) in [6.07, 6.45) is 1.41. The number of aromatic nitrogens is 1. The van der Waals surface area contributed by atoms with Crippen molar-refractivity contribution in [1.82, 2.24) is 4.57 Å². The molecule has 2 aromatic carbocycles. The number of ether oxygens (including phenoxy) is 1. The van der Waals surface area contributed by atoms with E-state index in [0.29, 0.717) is 28.7 Å². The van der Waals surface area contributed by atoms with Crippen molar-refractivity contribution >= 4 is 40.1 Å². The Morgan fingerprint density at radius 3 is 2.65 bits per heavy atom. The molecule has 0 aliphatic rings. The highest BCUT2D eigenvalue weighted by Gasteiger charge is 2.18. The summed E-state index contributed by atoms with van der Waals surface area (Å²) >= 11 is 12.1. The molecule has 0 amide bonds. The van der Waals surface area contributed by atoms with Gasteiger partial charge in [-0.05, 0) is 48.2 Å². The van der Waals surface area contributed by atoms with Gasteiger partial charge in [-0.1, -0.05) is 41.4 Å². The molecule has 4 nitrogen and oxygen atoms in total. The topological polar surface area (TPSA) is 51.5 Å². The highest BCUT2D eigenvalue weighted by Crippen LogP contribution is 2.28. The first-order valence-corrected chi connectivity index (χ1v) is 9.05. The number of benzene rings is 2. The Morgan fingerprint density at radius 1 is 1.15 bits per heavy atom. The number of hydrogen-bond acceptors (Lipinski definition) is 3. The van der Waals surface area contributed by atoms with Gasteiger partial charge in [-0.3, -0.25) is 0 Å². The summed E-state index contributed by atoms with van der Waals surface area (Å²) < 4.78 is 6.88. The lowest BCUT2D eigenvalue weighted by Gasteiger charge is -2.11. The van der Waals surface area contributed by atoms with Gasteiger partial charge in [-0.2, -0.15) is 0 Å². The number of rotatable bonds is 6. The summed E-state index contributed by atoms with van der Waals surface area (Å²) in [5.41, 5.74) is 3.44. The van der Waals surface area contributed by atoms with Crippen LogP contribution in [0.15, 0.2) is 42.5 Å². The molecule has 0 unspecified atom stereocenters. The number of aliphatic hydroxyl groups excluding tert-OH is 1. The van der Waals surface area contributed by atoms with Crippen LogP contribution in [0.25, 0.3) is 10.9 Å². The van der Waals surface area contributed by atoms with Gasteiger partial charge in [0.2, 0.25) is 0 Å². The average molecular weight is 392 g/mol. The second-order valence-electron chi connectivity index (χ2n) is 6.03. The summed E-state index contributed by atoms with van der Waals surface area (Å²) in [6, 6.07) is 13.2. The molecule has 0 aliphatic carbocycles. The number of nitrogens with zero attached hydrogens (tertiary/aromatic N) is 1. The van der Waals surface area contributed by atoms with E-state index in [-0.39, 0.29) is 6.61 Å². The molecule has 0 bridgehead atoms. The zero-order chi connectivity index (χ0) is 18.7. The van der Waals surface area contributed by atoms with Crippen molar-refractivity contribution in [3.05, 3.63) is 69.3 Å². The second-order valence-corrected chi connectivity index (χ2v) is 6.85. The van der Waals surface area contributed by atoms with Gasteiger partial charge in [-0.15, -0.1) is 0 Å². The molecular formula is C20H19Cl2NO3. The van der Waals surface area contributed by atoms with E-state index < -0.39 is 5.97 Å². The molecule has 3 aromatic rings. The first-order valence-electron chi connectivity index (χ1n) is 8.29. The Balaban J connectivity index is 2.11. The van der Waals surface area contributed by atoms with Crippen LogP contribution in [0.2, 0.25) is 10.0 Å². The van der Waals surface area contributed by atoms with Gasteiger partial charge in [0.25, 0.3) is 0 Å². The molecule has 0 radical (unpaired) electrons. The fraction of sp³-hybridized carbons (Fsp3) is 0.250. The van der Waals surface area contributed by atoms with E-state index in [1.807, 2.05) is 34.9 Å². The smallest absolute Gasteiger partial charge is 0.354 e. The predicted molar refractivity (Wildman–Crippen MR) is 104 cm³/mol. The monoisotopic (exact) mass is 391 g/mol. The first kappa shape index (κ1) is 18.8. The normalized spacial score (nSPS) is 11.1. The maximum Gasteiger partial charge on any atom is 0.354 e. The lowest BCUT2D eigenvalue weighted by molar-refractivity contribution is 0.0589. The van der Waals surface area contributed by atoms with Gasteiger partial charge in [0.1, 0.15) is 5.69 Å². The molecule has 0 saturated carbocycles. The van der Waals surface area contributed by atoms with Gasteiger partial charge < -0.3 is 14.4 Å². The fourth-order valence-electron chi connectivity index (χ4n) is 3.10. The number of carbonyl (C=O) groups is 1. The van der Waals surface area contributed by atoms with Gasteiger partial charge >= 0.3 is 5.97 Å². The lowest BCUT2D eigenvalue weighted by atomic mass is 10.1. The van der Waals surface area contributed by atoms with Crippen LogP contribution in [0.3, 0.4) is 0 Å². The average Bonchev–Trinajstić information content (AvgIpc) is 3.01. The van der Waals surface area contributed by atoms with Crippen LogP contribution in [0.4, 0.5) is 0 Å². The fourth-order valence-corrected chi connectivity index (χ4v) is 3.42. The Labute approximate surface area is 161 Å². The minimum Gasteiger partial charge on any atom is -0.464 e. The highest BCUT2D eigenvalue weighted by atomic mass is 35.5. The zero-order valence-corrected chi connectivity index (χ0v) is 15.8. The van der Waals surface area contributed by atoms with Crippen LogP contribution >= 0.6 is 23.2 Å². The molecule has 0 spiro atoms. The summed E-state index contributed by atoms with van der Waals surface area (Å²) in [6.45, 7) is 0.596. The summed E-state index contributed by atoms with van der Waals surface area (Å²) in [4.78, 5) is 12.3. The molecule has 1 N–H and O–H groups in total.